The summed E-state index contributed by atoms with van der Waals surface area (Å²) in [7, 11) is 0. The molecule has 0 saturated heterocycles. The predicted octanol–water partition coefficient (Wildman–Crippen LogP) is 4.65. The summed E-state index contributed by atoms with van der Waals surface area (Å²) in [6.45, 7) is 12.3. The zero-order valence-electron chi connectivity index (χ0n) is 13.5. The van der Waals surface area contributed by atoms with Crippen LogP contribution >= 0.6 is 22.9 Å². The number of rotatable bonds is 6. The van der Waals surface area contributed by atoms with Crippen LogP contribution in [0.25, 0.3) is 0 Å². The lowest BCUT2D eigenvalue weighted by Gasteiger charge is -2.14. The van der Waals surface area contributed by atoms with Crippen molar-refractivity contribution in [3.8, 4) is 0 Å². The van der Waals surface area contributed by atoms with Crippen molar-refractivity contribution in [1.29, 1.82) is 0 Å². The largest absolute Gasteiger partial charge is 0.304 e. The number of nitrogens with zero attached hydrogens (tertiary/aromatic N) is 2. The number of nitrogens with one attached hydrogen (secondary N) is 1. The van der Waals surface area contributed by atoms with E-state index < -0.39 is 0 Å². The van der Waals surface area contributed by atoms with Gasteiger partial charge in [-0.2, -0.15) is 5.10 Å². The molecule has 2 aromatic heterocycles. The zero-order valence-corrected chi connectivity index (χ0v) is 15.0. The molecule has 0 aliphatic heterocycles. The highest BCUT2D eigenvalue weighted by atomic mass is 35.5. The predicted molar refractivity (Wildman–Crippen MR) is 91.3 cm³/mol. The van der Waals surface area contributed by atoms with E-state index in [9.17, 15) is 0 Å². The maximum Gasteiger partial charge on any atom is 0.0863 e. The van der Waals surface area contributed by atoms with Crippen molar-refractivity contribution in [2.45, 2.75) is 60.2 Å². The van der Waals surface area contributed by atoms with E-state index in [2.05, 4.69) is 51.1 Å². The van der Waals surface area contributed by atoms with E-state index in [1.54, 1.807) is 0 Å². The summed E-state index contributed by atoms with van der Waals surface area (Å²) in [4.78, 5) is 2.75. The molecular weight excluding hydrogens is 302 g/mol. The van der Waals surface area contributed by atoms with Gasteiger partial charge in [-0.25, -0.2) is 0 Å². The Kier molecular flexibility index (Phi) is 5.47. The average molecular weight is 326 g/mol. The van der Waals surface area contributed by atoms with E-state index in [0.29, 0.717) is 6.04 Å². The highest BCUT2D eigenvalue weighted by Gasteiger charge is 2.16. The van der Waals surface area contributed by atoms with E-state index >= 15 is 0 Å². The number of halogens is 1. The minimum atomic E-state index is 0.316. The number of aryl methyl sites for hydroxylation is 4. The van der Waals surface area contributed by atoms with Crippen molar-refractivity contribution >= 4 is 22.9 Å². The first-order chi connectivity index (χ1) is 9.97. The van der Waals surface area contributed by atoms with E-state index in [0.717, 1.165) is 35.9 Å². The molecule has 116 valence electrons. The maximum absolute atomic E-state index is 6.45. The van der Waals surface area contributed by atoms with Crippen LogP contribution < -0.4 is 5.32 Å². The van der Waals surface area contributed by atoms with Crippen LogP contribution in [0.2, 0.25) is 5.02 Å². The van der Waals surface area contributed by atoms with Gasteiger partial charge in [-0.3, -0.25) is 4.68 Å². The zero-order chi connectivity index (χ0) is 15.6. The van der Waals surface area contributed by atoms with Crippen molar-refractivity contribution in [3.05, 3.63) is 37.8 Å². The second kappa shape index (κ2) is 6.95. The standard InChI is InChI=1S/C16H24ClN3S/c1-6-14-16(17)15(20(7-2)19-14)9-18-11(4)13-8-10(3)21-12(13)5/h8,11,18H,6-7,9H2,1-5H3. The van der Waals surface area contributed by atoms with Crippen LogP contribution in [0.1, 0.15) is 53.5 Å². The van der Waals surface area contributed by atoms with Crippen molar-refractivity contribution in [3.63, 3.8) is 0 Å². The van der Waals surface area contributed by atoms with Crippen LogP contribution in [0, 0.1) is 13.8 Å². The summed E-state index contributed by atoms with van der Waals surface area (Å²) < 4.78 is 2.01. The second-order valence-corrected chi connectivity index (χ2v) is 7.19. The average Bonchev–Trinajstić information content (AvgIpc) is 2.95. The van der Waals surface area contributed by atoms with Crippen molar-refractivity contribution in [2.24, 2.45) is 0 Å². The molecule has 0 spiro atoms. The molecule has 5 heteroatoms. The number of hydrogen-bond acceptors (Lipinski definition) is 3. The van der Waals surface area contributed by atoms with Gasteiger partial charge in [-0.1, -0.05) is 18.5 Å². The summed E-state index contributed by atoms with van der Waals surface area (Å²) in [6.07, 6.45) is 0.872. The minimum absolute atomic E-state index is 0.316. The first-order valence-electron chi connectivity index (χ1n) is 7.52. The molecule has 0 aliphatic carbocycles. The van der Waals surface area contributed by atoms with Gasteiger partial charge in [-0.05, 0) is 45.7 Å². The summed E-state index contributed by atoms with van der Waals surface area (Å²) in [5, 5.41) is 8.97. The lowest BCUT2D eigenvalue weighted by molar-refractivity contribution is 0.530. The number of hydrogen-bond donors (Lipinski definition) is 1. The van der Waals surface area contributed by atoms with Gasteiger partial charge in [0.15, 0.2) is 0 Å². The van der Waals surface area contributed by atoms with Crippen molar-refractivity contribution in [2.75, 3.05) is 0 Å². The Morgan fingerprint density at radius 3 is 2.62 bits per heavy atom. The third-order valence-electron chi connectivity index (χ3n) is 3.82. The van der Waals surface area contributed by atoms with Gasteiger partial charge in [-0.15, -0.1) is 11.3 Å². The van der Waals surface area contributed by atoms with Crippen LogP contribution in [0.15, 0.2) is 6.07 Å². The van der Waals surface area contributed by atoms with Crippen molar-refractivity contribution in [1.82, 2.24) is 15.1 Å². The lowest BCUT2D eigenvalue weighted by Crippen LogP contribution is -2.20. The normalized spacial score (nSPS) is 12.9. The SMILES string of the molecule is CCc1nn(CC)c(CNC(C)c2cc(C)sc2C)c1Cl. The second-order valence-electron chi connectivity index (χ2n) is 5.35. The molecule has 21 heavy (non-hydrogen) atoms. The van der Waals surface area contributed by atoms with E-state index in [1.807, 2.05) is 16.0 Å². The molecule has 2 rings (SSSR count). The van der Waals surface area contributed by atoms with E-state index in [-0.39, 0.29) is 0 Å². The molecule has 2 aromatic rings. The third-order valence-corrected chi connectivity index (χ3v) is 5.23. The molecule has 0 saturated carbocycles. The molecule has 1 N–H and O–H groups in total. The molecular formula is C16H24ClN3S. The molecule has 1 unspecified atom stereocenters. The smallest absolute Gasteiger partial charge is 0.0863 e. The fourth-order valence-electron chi connectivity index (χ4n) is 2.63. The Morgan fingerprint density at radius 2 is 2.10 bits per heavy atom. The lowest BCUT2D eigenvalue weighted by atomic mass is 10.1. The Labute approximate surface area is 136 Å². The fraction of sp³-hybridized carbons (Fsp3) is 0.562. The third kappa shape index (κ3) is 3.50. The molecule has 0 aliphatic rings. The monoisotopic (exact) mass is 325 g/mol. The first-order valence-corrected chi connectivity index (χ1v) is 8.71. The molecule has 1 atom stereocenters. The molecule has 0 radical (unpaired) electrons. The molecule has 0 fully saturated rings. The molecule has 0 aromatic carbocycles. The fourth-order valence-corrected chi connectivity index (χ4v) is 3.98. The maximum atomic E-state index is 6.45. The van der Waals surface area contributed by atoms with E-state index in [4.69, 9.17) is 11.6 Å². The number of aromatic nitrogens is 2. The van der Waals surface area contributed by atoms with Crippen LogP contribution in [0.5, 0.6) is 0 Å². The quantitative estimate of drug-likeness (QED) is 0.838. The van der Waals surface area contributed by atoms with Gasteiger partial charge >= 0.3 is 0 Å². The first kappa shape index (κ1) is 16.5. The highest BCUT2D eigenvalue weighted by molar-refractivity contribution is 7.12. The molecule has 3 nitrogen and oxygen atoms in total. The summed E-state index contributed by atoms with van der Waals surface area (Å²) >= 11 is 8.31. The van der Waals surface area contributed by atoms with Crippen molar-refractivity contribution < 1.29 is 0 Å². The van der Waals surface area contributed by atoms with Crippen LogP contribution in [0.4, 0.5) is 0 Å². The molecule has 0 bridgehead atoms. The van der Waals surface area contributed by atoms with Gasteiger partial charge in [0.25, 0.3) is 0 Å². The summed E-state index contributed by atoms with van der Waals surface area (Å²) in [5.41, 5.74) is 3.46. The van der Waals surface area contributed by atoms with Gasteiger partial charge < -0.3 is 5.32 Å². The summed E-state index contributed by atoms with van der Waals surface area (Å²) in [5.74, 6) is 0. The van der Waals surface area contributed by atoms with Gasteiger partial charge in [0.05, 0.1) is 16.4 Å². The van der Waals surface area contributed by atoms with Gasteiger partial charge in [0.1, 0.15) is 0 Å². The van der Waals surface area contributed by atoms with E-state index in [1.165, 1.54) is 15.3 Å². The van der Waals surface area contributed by atoms with Crippen LogP contribution in [-0.2, 0) is 19.5 Å². The van der Waals surface area contributed by atoms with Crippen LogP contribution in [0.3, 0.4) is 0 Å². The number of thiophene rings is 1. The molecule has 0 amide bonds. The Morgan fingerprint density at radius 1 is 1.38 bits per heavy atom. The summed E-state index contributed by atoms with van der Waals surface area (Å²) in [6, 6.07) is 2.59. The Hall–Kier alpha value is -0.840. The Bertz CT molecular complexity index is 615. The minimum Gasteiger partial charge on any atom is -0.304 e. The molecule has 2 heterocycles. The van der Waals surface area contributed by atoms with Gasteiger partial charge in [0.2, 0.25) is 0 Å². The topological polar surface area (TPSA) is 29.9 Å². The van der Waals surface area contributed by atoms with Gasteiger partial charge in [0, 0.05) is 28.9 Å². The Balaban J connectivity index is 2.12. The van der Waals surface area contributed by atoms with Crippen LogP contribution in [-0.4, -0.2) is 9.78 Å². The highest BCUT2D eigenvalue weighted by Crippen LogP contribution is 2.27.